The normalized spacial score (nSPS) is 11.2. The largest absolute Gasteiger partial charge is 0.493 e. The summed E-state index contributed by atoms with van der Waals surface area (Å²) in [6.07, 6.45) is 0.832. The lowest BCUT2D eigenvalue weighted by Crippen LogP contribution is -2.36. The Morgan fingerprint density at radius 3 is 2.25 bits per heavy atom. The molecule has 1 amide bonds. The molecule has 0 aliphatic carbocycles. The molecule has 0 aliphatic rings. The second-order valence-corrected chi connectivity index (χ2v) is 8.13. The summed E-state index contributed by atoms with van der Waals surface area (Å²) in [5.74, 6) is 1.16. The van der Waals surface area contributed by atoms with Crippen LogP contribution in [0.4, 0.5) is 5.69 Å². The molecule has 1 aromatic heterocycles. The van der Waals surface area contributed by atoms with Gasteiger partial charge in [0.05, 0.1) is 33.6 Å². The molecule has 0 unspecified atom stereocenters. The zero-order valence-electron chi connectivity index (χ0n) is 22.1. The number of amides is 1. The van der Waals surface area contributed by atoms with Crippen molar-refractivity contribution in [3.63, 3.8) is 0 Å². The van der Waals surface area contributed by atoms with E-state index in [2.05, 4.69) is 29.6 Å². The molecule has 9 nitrogen and oxygen atoms in total. The van der Waals surface area contributed by atoms with Gasteiger partial charge in [0.2, 0.25) is 11.7 Å². The van der Waals surface area contributed by atoms with E-state index in [1.807, 2.05) is 42.8 Å². The first kappa shape index (κ1) is 26.6. The van der Waals surface area contributed by atoms with Crippen molar-refractivity contribution in [2.45, 2.75) is 47.2 Å². The topological polar surface area (TPSA) is 99.0 Å². The number of hydrogen-bond donors (Lipinski definition) is 2. The number of ether oxygens (including phenoxy) is 3. The summed E-state index contributed by atoms with van der Waals surface area (Å²) < 4.78 is 18.1. The maximum absolute atomic E-state index is 13.3. The van der Waals surface area contributed by atoms with Crippen molar-refractivity contribution >= 4 is 17.6 Å². The number of carbonyl (C=O) groups is 1. The van der Waals surface area contributed by atoms with E-state index in [9.17, 15) is 4.79 Å². The number of rotatable bonds is 9. The fraction of sp³-hybridized carbons (Fsp3) is 0.370. The van der Waals surface area contributed by atoms with Crippen molar-refractivity contribution < 1.29 is 19.0 Å². The first-order chi connectivity index (χ1) is 17.4. The number of anilines is 1. The fourth-order valence-electron chi connectivity index (χ4n) is 4.01. The summed E-state index contributed by atoms with van der Waals surface area (Å²) in [5.41, 5.74) is 5.33. The van der Waals surface area contributed by atoms with Gasteiger partial charge in [-0.3, -0.25) is 14.8 Å². The molecule has 0 radical (unpaired) electrons. The number of aryl methyl sites for hydroxylation is 3. The van der Waals surface area contributed by atoms with Crippen LogP contribution in [0.25, 0.3) is 0 Å². The fourth-order valence-corrected chi connectivity index (χ4v) is 4.01. The summed E-state index contributed by atoms with van der Waals surface area (Å²) in [7, 11) is 4.54. The van der Waals surface area contributed by atoms with E-state index in [1.54, 1.807) is 12.1 Å². The molecule has 2 aromatic carbocycles. The summed E-state index contributed by atoms with van der Waals surface area (Å²) in [4.78, 5) is 18.1. The molecule has 0 saturated heterocycles. The van der Waals surface area contributed by atoms with Gasteiger partial charge in [-0.1, -0.05) is 25.1 Å². The van der Waals surface area contributed by atoms with Crippen LogP contribution in [0.15, 0.2) is 41.4 Å². The number of carbonyl (C=O) groups excluding carboxylic acids is 1. The van der Waals surface area contributed by atoms with Gasteiger partial charge in [0.25, 0.3) is 5.91 Å². The molecule has 0 fully saturated rings. The van der Waals surface area contributed by atoms with E-state index in [0.717, 1.165) is 41.2 Å². The van der Waals surface area contributed by atoms with E-state index in [0.29, 0.717) is 35.3 Å². The third-order valence-corrected chi connectivity index (χ3v) is 6.04. The number of nitrogens with zero attached hydrogens (tertiary/aromatic N) is 3. The number of methoxy groups -OCH3 is 3. The Kier molecular flexibility index (Phi) is 8.94. The molecule has 0 atom stereocenters. The Morgan fingerprint density at radius 1 is 1.03 bits per heavy atom. The van der Waals surface area contributed by atoms with Crippen LogP contribution in [-0.4, -0.2) is 43.0 Å². The van der Waals surface area contributed by atoms with Crippen LogP contribution >= 0.6 is 0 Å². The minimum atomic E-state index is -0.368. The predicted molar refractivity (Wildman–Crippen MR) is 142 cm³/mol. The number of nitrogens with one attached hydrogen (secondary N) is 2. The van der Waals surface area contributed by atoms with Crippen LogP contribution in [0.5, 0.6) is 17.2 Å². The van der Waals surface area contributed by atoms with Gasteiger partial charge >= 0.3 is 0 Å². The van der Waals surface area contributed by atoms with Crippen molar-refractivity contribution in [2.75, 3.05) is 26.6 Å². The third kappa shape index (κ3) is 5.79. The predicted octanol–water partition coefficient (Wildman–Crippen LogP) is 4.51. The van der Waals surface area contributed by atoms with Crippen LogP contribution in [0, 0.1) is 13.8 Å². The van der Waals surface area contributed by atoms with Crippen molar-refractivity contribution in [2.24, 2.45) is 4.99 Å². The minimum absolute atomic E-state index is 0.331. The van der Waals surface area contributed by atoms with Crippen LogP contribution < -0.4 is 24.8 Å². The van der Waals surface area contributed by atoms with Crippen LogP contribution in [0.2, 0.25) is 0 Å². The Balaban J connectivity index is 1.97. The first-order valence-corrected chi connectivity index (χ1v) is 11.9. The minimum Gasteiger partial charge on any atom is -0.493 e. The van der Waals surface area contributed by atoms with Crippen molar-refractivity contribution in [1.82, 2.24) is 15.1 Å². The van der Waals surface area contributed by atoms with Gasteiger partial charge in [-0.15, -0.1) is 0 Å². The highest BCUT2D eigenvalue weighted by Crippen LogP contribution is 2.38. The highest BCUT2D eigenvalue weighted by Gasteiger charge is 2.19. The molecular weight excluding hydrogens is 458 g/mol. The van der Waals surface area contributed by atoms with E-state index < -0.39 is 0 Å². The van der Waals surface area contributed by atoms with E-state index in [1.165, 1.54) is 21.3 Å². The molecular formula is C27H35N5O4. The van der Waals surface area contributed by atoms with Crippen molar-refractivity contribution in [3.05, 3.63) is 64.5 Å². The molecule has 192 valence electrons. The van der Waals surface area contributed by atoms with Gasteiger partial charge in [-0.25, -0.2) is 4.99 Å². The van der Waals surface area contributed by atoms with Gasteiger partial charge in [0, 0.05) is 29.1 Å². The quantitative estimate of drug-likeness (QED) is 0.336. The van der Waals surface area contributed by atoms with Gasteiger partial charge in [-0.2, -0.15) is 5.10 Å². The summed E-state index contributed by atoms with van der Waals surface area (Å²) in [6.45, 7) is 9.28. The Hall–Kier alpha value is -4.01. The van der Waals surface area contributed by atoms with Crippen molar-refractivity contribution in [1.29, 1.82) is 0 Å². The highest BCUT2D eigenvalue weighted by molar-refractivity contribution is 6.10. The Labute approximate surface area is 212 Å². The van der Waals surface area contributed by atoms with Crippen molar-refractivity contribution in [3.8, 4) is 17.2 Å². The molecule has 3 aromatic rings. The lowest BCUT2D eigenvalue weighted by Gasteiger charge is -2.16. The maximum Gasteiger partial charge on any atom is 0.258 e. The first-order valence-electron chi connectivity index (χ1n) is 11.9. The lowest BCUT2D eigenvalue weighted by molar-refractivity contribution is 0.0976. The van der Waals surface area contributed by atoms with Gasteiger partial charge in [0.1, 0.15) is 0 Å². The molecule has 36 heavy (non-hydrogen) atoms. The molecule has 9 heteroatoms. The van der Waals surface area contributed by atoms with Crippen LogP contribution in [0.3, 0.4) is 0 Å². The molecule has 0 bridgehead atoms. The standard InChI is InChI=1S/C27H35N5O4/c1-8-19-12-10-11-13-22(19)29-27(28-16-21-17(3)31-32(9-2)18(21)4)30-26(33)20-14-23(34-5)25(36-7)24(15-20)35-6/h10-15H,8-9,16H2,1-7H3,(H2,28,29,30,33). The average Bonchev–Trinajstić information content (AvgIpc) is 3.18. The third-order valence-electron chi connectivity index (χ3n) is 6.04. The van der Waals surface area contributed by atoms with Gasteiger partial charge < -0.3 is 19.5 Å². The number of para-hydroxylation sites is 1. The van der Waals surface area contributed by atoms with E-state index in [4.69, 9.17) is 19.2 Å². The number of aromatic nitrogens is 2. The number of guanidine groups is 1. The summed E-state index contributed by atoms with van der Waals surface area (Å²) in [5, 5.41) is 10.8. The molecule has 0 aliphatic heterocycles. The van der Waals surface area contributed by atoms with E-state index in [-0.39, 0.29) is 5.91 Å². The molecule has 1 heterocycles. The van der Waals surface area contributed by atoms with Gasteiger partial charge in [-0.05, 0) is 51.0 Å². The molecule has 2 N–H and O–H groups in total. The maximum atomic E-state index is 13.3. The summed E-state index contributed by atoms with van der Waals surface area (Å²) in [6, 6.07) is 11.1. The Morgan fingerprint density at radius 2 is 1.69 bits per heavy atom. The van der Waals surface area contributed by atoms with E-state index >= 15 is 0 Å². The zero-order chi connectivity index (χ0) is 26.2. The van der Waals surface area contributed by atoms with Crippen LogP contribution in [-0.2, 0) is 19.5 Å². The number of hydrogen-bond acceptors (Lipinski definition) is 6. The number of benzene rings is 2. The van der Waals surface area contributed by atoms with Crippen LogP contribution in [0.1, 0.15) is 46.7 Å². The highest BCUT2D eigenvalue weighted by atomic mass is 16.5. The molecule has 3 rings (SSSR count). The SMILES string of the molecule is CCc1ccccc1NC(=NCc1c(C)nn(CC)c1C)NC(=O)c1cc(OC)c(OC)c(OC)c1. The molecule has 0 spiro atoms. The smallest absolute Gasteiger partial charge is 0.258 e. The molecule has 0 saturated carbocycles. The second kappa shape index (κ2) is 12.1. The second-order valence-electron chi connectivity index (χ2n) is 8.13. The average molecular weight is 494 g/mol. The summed E-state index contributed by atoms with van der Waals surface area (Å²) >= 11 is 0. The number of aliphatic imine (C=N–C) groups is 1. The van der Waals surface area contributed by atoms with Gasteiger partial charge in [0.15, 0.2) is 11.5 Å². The lowest BCUT2D eigenvalue weighted by atomic mass is 10.1. The zero-order valence-corrected chi connectivity index (χ0v) is 22.1. The Bertz CT molecular complexity index is 1220. The monoisotopic (exact) mass is 493 g/mol.